The summed E-state index contributed by atoms with van der Waals surface area (Å²) in [4.78, 5) is 0. The Morgan fingerprint density at radius 2 is 1.39 bits per heavy atom. The van der Waals surface area contributed by atoms with Crippen molar-refractivity contribution in [3.63, 3.8) is 0 Å². The fraction of sp³-hybridized carbons (Fsp3) is 0.316. The van der Waals surface area contributed by atoms with Crippen LogP contribution in [-0.2, 0) is 5.41 Å². The monoisotopic (exact) mass is 1010 g/mol. The molecule has 0 heterocycles. The minimum atomic E-state index is -0.111. The van der Waals surface area contributed by atoms with Gasteiger partial charge in [0.25, 0.3) is 0 Å². The van der Waals surface area contributed by atoms with Crippen molar-refractivity contribution in [2.75, 3.05) is 0 Å². The average Bonchev–Trinajstić information content (AvgIpc) is 4.37. The molecule has 5 aliphatic carbocycles. The number of hydrogen-bond donors (Lipinski definition) is 0. The van der Waals surface area contributed by atoms with Crippen LogP contribution < -0.4 is 0 Å². The average molecular weight is 1010 g/mol. The quantitative estimate of drug-likeness (QED) is 0.124. The zero-order valence-corrected chi connectivity index (χ0v) is 50.1. The van der Waals surface area contributed by atoms with Gasteiger partial charge < -0.3 is 0 Å². The maximum Gasteiger partial charge on any atom is 0.0648 e. The van der Waals surface area contributed by atoms with Gasteiger partial charge >= 0.3 is 0 Å². The van der Waals surface area contributed by atoms with E-state index >= 15 is 0 Å². The normalized spacial score (nSPS) is 16.4. The molecule has 400 valence electrons. The van der Waals surface area contributed by atoms with Gasteiger partial charge in [-0.15, -0.1) is 0 Å². The zero-order chi connectivity index (χ0) is 56.2. The molecule has 76 heavy (non-hydrogen) atoms. The van der Waals surface area contributed by atoms with Crippen LogP contribution in [0.15, 0.2) is 240 Å². The van der Waals surface area contributed by atoms with Crippen molar-refractivity contribution in [1.29, 1.82) is 0 Å². The van der Waals surface area contributed by atoms with E-state index in [0.29, 0.717) is 5.92 Å². The molecule has 0 bridgehead atoms. The Bertz CT molecular complexity index is 2920. The fourth-order valence-electron chi connectivity index (χ4n) is 10.6. The maximum absolute atomic E-state index is 3.95. The first kappa shape index (κ1) is 63.5. The second-order valence-corrected chi connectivity index (χ2v) is 19.4. The van der Waals surface area contributed by atoms with Crippen LogP contribution in [0.5, 0.6) is 0 Å². The first-order valence-electron chi connectivity index (χ1n) is 28.7. The Hall–Kier alpha value is -6.76. The Kier molecular flexibility index (Phi) is 27.8. The topological polar surface area (TPSA) is 0 Å². The lowest BCUT2D eigenvalue weighted by Crippen LogP contribution is -2.31. The highest BCUT2D eigenvalue weighted by Crippen LogP contribution is 2.60. The lowest BCUT2D eigenvalue weighted by molar-refractivity contribution is 0.675. The molecule has 1 atom stereocenters. The molecule has 0 nitrogen and oxygen atoms in total. The summed E-state index contributed by atoms with van der Waals surface area (Å²) < 4.78 is 0. The number of benzene rings is 4. The van der Waals surface area contributed by atoms with Gasteiger partial charge in [0.1, 0.15) is 0 Å². The van der Waals surface area contributed by atoms with Gasteiger partial charge in [-0.3, -0.25) is 0 Å². The molecule has 0 amide bonds. The molecule has 9 rings (SSSR count). The van der Waals surface area contributed by atoms with E-state index < -0.39 is 0 Å². The van der Waals surface area contributed by atoms with E-state index in [1.807, 2.05) is 74.5 Å². The van der Waals surface area contributed by atoms with Gasteiger partial charge in [0.05, 0.1) is 5.41 Å². The van der Waals surface area contributed by atoms with E-state index in [-0.39, 0.29) is 5.41 Å². The third-order valence-electron chi connectivity index (χ3n) is 13.9. The first-order chi connectivity index (χ1) is 36.9. The summed E-state index contributed by atoms with van der Waals surface area (Å²) in [5, 5.41) is 0. The highest BCUT2D eigenvalue weighted by atomic mass is 14.5. The molecule has 1 unspecified atom stereocenters. The molecule has 0 aromatic heterocycles. The maximum atomic E-state index is 3.95. The van der Waals surface area contributed by atoms with Crippen molar-refractivity contribution >= 4 is 16.7 Å². The van der Waals surface area contributed by atoms with Crippen LogP contribution >= 0.6 is 0 Å². The van der Waals surface area contributed by atoms with Crippen LogP contribution in [0.25, 0.3) is 27.8 Å². The predicted molar refractivity (Wildman–Crippen MR) is 345 cm³/mol. The smallest absolute Gasteiger partial charge is 0.0648 e. The van der Waals surface area contributed by atoms with Crippen molar-refractivity contribution < 1.29 is 0 Å². The molecule has 0 aliphatic heterocycles. The largest absolute Gasteiger partial charge is 0.0991 e. The van der Waals surface area contributed by atoms with Crippen LogP contribution in [0, 0.1) is 6.92 Å². The summed E-state index contributed by atoms with van der Waals surface area (Å²) in [6.07, 6.45) is 41.3. The third kappa shape index (κ3) is 15.9. The highest BCUT2D eigenvalue weighted by molar-refractivity contribution is 5.93. The lowest BCUT2D eigenvalue weighted by Gasteiger charge is -2.38. The summed E-state index contributed by atoms with van der Waals surface area (Å²) in [5.74, 6) is 0.506. The van der Waals surface area contributed by atoms with E-state index in [1.165, 1.54) is 100 Å². The molecule has 0 heteroatoms. The summed E-state index contributed by atoms with van der Waals surface area (Å²) >= 11 is 0. The molecular formula is C76H96. The standard InChI is InChI=1S/C30H30.C26H24.C8H14.C6H10.3C2H6/c1-5-23(6-2)19-26-13-9-15-30(26)27-12-8-11-24(20-27)25-16-17-29(22(4)18-25)28-14-7-10-21(28)3;1-18(2)21-14-8-16-23-22-15-9-17-24(22)26(25(21)23,20-12-6-7-13-20)19-10-4-3-5-11-19;1-4-6-8(3)7-5-2;1-4-5-6(2)3;3*1-2/h5-8,10-13,15-18,20H,1,9,14,19H2,2-4H3;3-12,14-16,18H,13,17H2,1-2H3;4,6-7H,5H2,1-3H3;4-5H,1H2,2-3H3;3*1-2H3/b23-6+;;6-4-,8-7-;;;;. The molecule has 0 N–H and O–H groups in total. The van der Waals surface area contributed by atoms with E-state index in [4.69, 9.17) is 0 Å². The van der Waals surface area contributed by atoms with Gasteiger partial charge in [-0.05, 0) is 194 Å². The number of aryl methyl sites for hydroxylation is 1. The molecule has 4 aromatic rings. The third-order valence-corrected chi connectivity index (χ3v) is 13.9. The van der Waals surface area contributed by atoms with Gasteiger partial charge in [-0.1, -0.05) is 269 Å². The number of allylic oxidation sites excluding steroid dienone is 26. The Balaban J connectivity index is 0.000000299. The molecule has 0 fully saturated rings. The minimum Gasteiger partial charge on any atom is -0.0991 e. The highest BCUT2D eigenvalue weighted by Gasteiger charge is 2.50. The van der Waals surface area contributed by atoms with Crippen LogP contribution in [-0.4, -0.2) is 0 Å². The molecule has 0 saturated carbocycles. The SMILES string of the molecule is C/C=C\C(C)=C/CC.C=C/C(=C\C)CC1=CCC=C1c1cccc(-c2ccc(C3=C(C)C=CC3)c(C)c2)c1.C=CC=C(C)C.CC.CC.CC.CC(C)c1cccc2c1C(C1=CC=CC1)(c1ccccc1)C1=C2C=CC1. The second-order valence-electron chi connectivity index (χ2n) is 19.4. The number of fused-ring (bicyclic) bond motifs is 2. The lowest BCUT2D eigenvalue weighted by atomic mass is 9.63. The molecule has 0 radical (unpaired) electrons. The molecule has 4 aromatic carbocycles. The summed E-state index contributed by atoms with van der Waals surface area (Å²) in [6, 6.07) is 34.0. The molecule has 5 aliphatic rings. The molecule has 0 saturated heterocycles. The fourth-order valence-corrected chi connectivity index (χ4v) is 10.6. The minimum absolute atomic E-state index is 0.111. The first-order valence-corrected chi connectivity index (χ1v) is 28.7. The number of hydrogen-bond acceptors (Lipinski definition) is 0. The van der Waals surface area contributed by atoms with Crippen LogP contribution in [0.1, 0.15) is 187 Å². The van der Waals surface area contributed by atoms with Gasteiger partial charge in [0.2, 0.25) is 0 Å². The Morgan fingerprint density at radius 3 is 1.96 bits per heavy atom. The van der Waals surface area contributed by atoms with Crippen molar-refractivity contribution in [2.45, 2.75) is 161 Å². The van der Waals surface area contributed by atoms with E-state index in [0.717, 1.165) is 38.5 Å². The number of rotatable bonds is 12. The van der Waals surface area contributed by atoms with Crippen LogP contribution in [0.4, 0.5) is 0 Å². The predicted octanol–water partition coefficient (Wildman–Crippen LogP) is 23.5. The Labute approximate surface area is 465 Å². The summed E-state index contributed by atoms with van der Waals surface area (Å²) in [7, 11) is 0. The molecule has 0 spiro atoms. The van der Waals surface area contributed by atoms with Crippen molar-refractivity contribution in [3.05, 3.63) is 279 Å². The van der Waals surface area contributed by atoms with Crippen molar-refractivity contribution in [1.82, 2.24) is 0 Å². The van der Waals surface area contributed by atoms with Gasteiger partial charge in [0, 0.05) is 0 Å². The zero-order valence-electron chi connectivity index (χ0n) is 50.1. The van der Waals surface area contributed by atoms with Crippen LogP contribution in [0.3, 0.4) is 0 Å². The van der Waals surface area contributed by atoms with Crippen LogP contribution in [0.2, 0.25) is 0 Å². The summed E-state index contributed by atoms with van der Waals surface area (Å²) in [5.41, 5.74) is 26.5. The second kappa shape index (κ2) is 33.3. The van der Waals surface area contributed by atoms with Crippen molar-refractivity contribution in [2.24, 2.45) is 0 Å². The van der Waals surface area contributed by atoms with E-state index in [2.05, 4.69) is 232 Å². The Morgan fingerprint density at radius 1 is 0.711 bits per heavy atom. The summed E-state index contributed by atoms with van der Waals surface area (Å²) in [6.45, 7) is 41.0. The van der Waals surface area contributed by atoms with Gasteiger partial charge in [-0.25, -0.2) is 0 Å². The van der Waals surface area contributed by atoms with Crippen molar-refractivity contribution in [3.8, 4) is 11.1 Å². The van der Waals surface area contributed by atoms with E-state index in [1.54, 1.807) is 11.6 Å². The van der Waals surface area contributed by atoms with Gasteiger partial charge in [0.15, 0.2) is 0 Å². The van der Waals surface area contributed by atoms with E-state index in [9.17, 15) is 0 Å². The molecular weight excluding hydrogens is 913 g/mol. The van der Waals surface area contributed by atoms with Gasteiger partial charge in [-0.2, -0.15) is 0 Å².